The van der Waals surface area contributed by atoms with Crippen LogP contribution in [-0.4, -0.2) is 16.9 Å². The Morgan fingerprint density at radius 1 is 1.69 bits per heavy atom. The van der Waals surface area contributed by atoms with Gasteiger partial charge in [0.05, 0.1) is 5.92 Å². The molecule has 0 saturated heterocycles. The number of carbonyl (C=O) groups excluding carboxylic acids is 1. The van der Waals surface area contributed by atoms with Crippen LogP contribution in [0.5, 0.6) is 0 Å². The highest BCUT2D eigenvalue weighted by Gasteiger charge is 2.17. The lowest BCUT2D eigenvalue weighted by Gasteiger charge is -2.13. The summed E-state index contributed by atoms with van der Waals surface area (Å²) in [4.78, 5) is 15.4. The van der Waals surface area contributed by atoms with Gasteiger partial charge in [0.25, 0.3) is 0 Å². The van der Waals surface area contributed by atoms with Crippen molar-refractivity contribution in [3.63, 3.8) is 0 Å². The maximum Gasteiger partial charge on any atom is 0.230 e. The van der Waals surface area contributed by atoms with Gasteiger partial charge in [-0.1, -0.05) is 6.92 Å². The number of hydrogen-bond donors (Lipinski definition) is 2. The summed E-state index contributed by atoms with van der Waals surface area (Å²) in [5, 5.41) is 5.13. The fourth-order valence-corrected chi connectivity index (χ4v) is 1.28. The average molecular weight is 199 g/mol. The number of amides is 1. The first-order valence-corrected chi connectivity index (χ1v) is 4.95. The second-order valence-electron chi connectivity index (χ2n) is 2.97. The highest BCUT2D eigenvalue weighted by Crippen LogP contribution is 2.12. The predicted octanol–water partition coefficient (Wildman–Crippen LogP) is 1.06. The number of carbonyl (C=O) groups is 1. The quantitative estimate of drug-likeness (QED) is 0.765. The van der Waals surface area contributed by atoms with Gasteiger partial charge in [-0.25, -0.2) is 4.98 Å². The summed E-state index contributed by atoms with van der Waals surface area (Å²) in [6.07, 6.45) is 1.65. The van der Waals surface area contributed by atoms with Crippen molar-refractivity contribution in [3.05, 3.63) is 11.6 Å². The van der Waals surface area contributed by atoms with E-state index in [2.05, 4.69) is 10.3 Å². The largest absolute Gasteiger partial charge is 0.327 e. The third kappa shape index (κ3) is 2.78. The lowest BCUT2D eigenvalue weighted by atomic mass is 10.0. The lowest BCUT2D eigenvalue weighted by molar-refractivity contribution is -0.119. The van der Waals surface area contributed by atoms with Gasteiger partial charge in [-0.2, -0.15) is 0 Å². The number of hydrogen-bond acceptors (Lipinski definition) is 4. The van der Waals surface area contributed by atoms with Crippen molar-refractivity contribution in [3.8, 4) is 0 Å². The molecule has 0 bridgehead atoms. The summed E-state index contributed by atoms with van der Waals surface area (Å²) >= 11 is 1.40. The number of nitrogens with zero attached hydrogens (tertiary/aromatic N) is 1. The van der Waals surface area contributed by atoms with Crippen LogP contribution in [0.3, 0.4) is 0 Å². The molecular formula is C8H13N3OS. The van der Waals surface area contributed by atoms with Crippen LogP contribution >= 0.6 is 11.3 Å². The average Bonchev–Trinajstić information content (AvgIpc) is 2.55. The van der Waals surface area contributed by atoms with E-state index in [0.29, 0.717) is 5.13 Å². The topological polar surface area (TPSA) is 68.0 Å². The minimum absolute atomic E-state index is 0.0787. The molecule has 0 spiro atoms. The molecule has 1 amide bonds. The van der Waals surface area contributed by atoms with Crippen LogP contribution in [0.2, 0.25) is 0 Å². The van der Waals surface area contributed by atoms with E-state index < -0.39 is 0 Å². The Morgan fingerprint density at radius 2 is 2.38 bits per heavy atom. The molecule has 0 fully saturated rings. The zero-order valence-corrected chi connectivity index (χ0v) is 8.47. The lowest BCUT2D eigenvalue weighted by Crippen LogP contribution is -2.34. The minimum Gasteiger partial charge on any atom is -0.327 e. The van der Waals surface area contributed by atoms with Crippen molar-refractivity contribution in [1.29, 1.82) is 0 Å². The van der Waals surface area contributed by atoms with Gasteiger partial charge < -0.3 is 11.1 Å². The summed E-state index contributed by atoms with van der Waals surface area (Å²) in [5.74, 6) is -0.270. The molecule has 0 aromatic carbocycles. The van der Waals surface area contributed by atoms with Crippen LogP contribution in [0.25, 0.3) is 0 Å². The van der Waals surface area contributed by atoms with Crippen molar-refractivity contribution in [2.45, 2.75) is 19.9 Å². The maximum atomic E-state index is 11.4. The van der Waals surface area contributed by atoms with Crippen LogP contribution in [0.4, 0.5) is 5.13 Å². The molecule has 1 rings (SSSR count). The highest BCUT2D eigenvalue weighted by atomic mass is 32.1. The molecule has 4 nitrogen and oxygen atoms in total. The molecule has 1 aromatic rings. The maximum absolute atomic E-state index is 11.4. The first-order chi connectivity index (χ1) is 6.11. The van der Waals surface area contributed by atoms with Crippen LogP contribution in [-0.2, 0) is 4.79 Å². The van der Waals surface area contributed by atoms with E-state index in [0.717, 1.165) is 0 Å². The van der Waals surface area contributed by atoms with Crippen molar-refractivity contribution in [2.24, 2.45) is 11.7 Å². The second kappa shape index (κ2) is 4.34. The summed E-state index contributed by atoms with van der Waals surface area (Å²) in [6.45, 7) is 3.61. The standard InChI is InChI=1S/C8H13N3OS/c1-5(6(2)9)7(12)11-8-10-3-4-13-8/h3-6H,9H2,1-2H3,(H,10,11,12). The van der Waals surface area contributed by atoms with Gasteiger partial charge in [0.2, 0.25) is 5.91 Å². The molecule has 3 N–H and O–H groups in total. The van der Waals surface area contributed by atoms with Crippen molar-refractivity contribution >= 4 is 22.4 Å². The van der Waals surface area contributed by atoms with Crippen LogP contribution in [0.15, 0.2) is 11.6 Å². The van der Waals surface area contributed by atoms with E-state index >= 15 is 0 Å². The van der Waals surface area contributed by atoms with Gasteiger partial charge in [-0.15, -0.1) is 11.3 Å². The van der Waals surface area contributed by atoms with E-state index in [9.17, 15) is 4.79 Å². The fraction of sp³-hybridized carbons (Fsp3) is 0.500. The number of nitrogens with two attached hydrogens (primary N) is 1. The molecule has 72 valence electrons. The van der Waals surface area contributed by atoms with E-state index in [1.54, 1.807) is 13.1 Å². The SMILES string of the molecule is CC(N)C(C)C(=O)Nc1nccs1. The smallest absolute Gasteiger partial charge is 0.230 e. The van der Waals surface area contributed by atoms with E-state index in [4.69, 9.17) is 5.73 Å². The molecule has 0 aliphatic carbocycles. The van der Waals surface area contributed by atoms with E-state index in [1.807, 2.05) is 12.3 Å². The predicted molar refractivity (Wildman–Crippen MR) is 53.6 cm³/mol. The van der Waals surface area contributed by atoms with Crippen molar-refractivity contribution in [1.82, 2.24) is 4.98 Å². The number of anilines is 1. The summed E-state index contributed by atoms with van der Waals surface area (Å²) in [7, 11) is 0. The molecule has 0 radical (unpaired) electrons. The van der Waals surface area contributed by atoms with Crippen LogP contribution < -0.4 is 11.1 Å². The first-order valence-electron chi connectivity index (χ1n) is 4.07. The van der Waals surface area contributed by atoms with Crippen molar-refractivity contribution in [2.75, 3.05) is 5.32 Å². The van der Waals surface area contributed by atoms with Gasteiger partial charge >= 0.3 is 0 Å². The first kappa shape index (κ1) is 10.1. The zero-order chi connectivity index (χ0) is 9.84. The van der Waals surface area contributed by atoms with Gasteiger partial charge in [-0.05, 0) is 6.92 Å². The molecule has 0 aliphatic rings. The molecule has 5 heteroatoms. The highest BCUT2D eigenvalue weighted by molar-refractivity contribution is 7.13. The Labute approximate surface area is 81.2 Å². The molecule has 13 heavy (non-hydrogen) atoms. The molecule has 1 heterocycles. The van der Waals surface area contributed by atoms with Gasteiger partial charge in [-0.3, -0.25) is 4.79 Å². The summed E-state index contributed by atoms with van der Waals surface area (Å²) in [5.41, 5.74) is 5.59. The Morgan fingerprint density at radius 3 is 2.85 bits per heavy atom. The van der Waals surface area contributed by atoms with Gasteiger partial charge in [0, 0.05) is 17.6 Å². The Kier molecular flexibility index (Phi) is 3.39. The molecule has 1 aromatic heterocycles. The Bertz CT molecular complexity index is 271. The van der Waals surface area contributed by atoms with Crippen LogP contribution in [0.1, 0.15) is 13.8 Å². The van der Waals surface area contributed by atoms with E-state index in [1.165, 1.54) is 11.3 Å². The monoisotopic (exact) mass is 199 g/mol. The van der Waals surface area contributed by atoms with Gasteiger partial charge in [0.15, 0.2) is 5.13 Å². The summed E-state index contributed by atoms with van der Waals surface area (Å²) in [6, 6.07) is -0.139. The third-order valence-corrected chi connectivity index (χ3v) is 2.55. The van der Waals surface area contributed by atoms with Gasteiger partial charge in [0.1, 0.15) is 0 Å². The number of nitrogens with one attached hydrogen (secondary N) is 1. The van der Waals surface area contributed by atoms with Crippen molar-refractivity contribution < 1.29 is 4.79 Å². The fourth-order valence-electron chi connectivity index (χ4n) is 0.743. The Balaban J connectivity index is 2.51. The molecule has 2 unspecified atom stereocenters. The molecule has 0 aliphatic heterocycles. The van der Waals surface area contributed by atoms with E-state index in [-0.39, 0.29) is 17.9 Å². The number of rotatable bonds is 3. The number of aromatic nitrogens is 1. The molecule has 2 atom stereocenters. The van der Waals surface area contributed by atoms with Crippen LogP contribution in [0, 0.1) is 5.92 Å². The third-order valence-electron chi connectivity index (χ3n) is 1.86. The zero-order valence-electron chi connectivity index (χ0n) is 7.65. The normalized spacial score (nSPS) is 15.0. The second-order valence-corrected chi connectivity index (χ2v) is 3.87. The molecular weight excluding hydrogens is 186 g/mol. The number of thiazole rings is 1. The molecule has 0 saturated carbocycles. The minimum atomic E-state index is -0.191. The Hall–Kier alpha value is -0.940. The summed E-state index contributed by atoms with van der Waals surface area (Å²) < 4.78 is 0.